The van der Waals surface area contributed by atoms with Gasteiger partial charge in [0.15, 0.2) is 16.9 Å². The molecular formula is C25H20FN3O5S. The molecule has 1 atom stereocenters. The monoisotopic (exact) mass is 493 g/mol. The van der Waals surface area contributed by atoms with Crippen LogP contribution < -0.4 is 19.8 Å². The zero-order valence-corrected chi connectivity index (χ0v) is 19.7. The zero-order chi connectivity index (χ0) is 24.7. The van der Waals surface area contributed by atoms with Crippen molar-refractivity contribution in [1.82, 2.24) is 10.2 Å². The van der Waals surface area contributed by atoms with Gasteiger partial charge in [-0.05, 0) is 49.7 Å². The van der Waals surface area contributed by atoms with E-state index in [1.165, 1.54) is 28.4 Å². The van der Waals surface area contributed by atoms with E-state index in [2.05, 4.69) is 16.8 Å². The molecule has 3 heterocycles. The third-order valence-corrected chi connectivity index (χ3v) is 6.33. The average Bonchev–Trinajstić information content (AvgIpc) is 3.39. The van der Waals surface area contributed by atoms with E-state index in [0.717, 1.165) is 6.07 Å². The highest BCUT2D eigenvalue weighted by Gasteiger charge is 2.45. The molecule has 2 aromatic carbocycles. The van der Waals surface area contributed by atoms with Crippen LogP contribution in [0.15, 0.2) is 58.3 Å². The molecule has 2 aromatic heterocycles. The number of fused-ring (bicyclic) bond motifs is 2. The Morgan fingerprint density at radius 3 is 2.71 bits per heavy atom. The molecule has 0 bridgehead atoms. The van der Waals surface area contributed by atoms with E-state index in [4.69, 9.17) is 13.9 Å². The van der Waals surface area contributed by atoms with E-state index in [-0.39, 0.29) is 28.9 Å². The fourth-order valence-corrected chi connectivity index (χ4v) is 4.79. The molecule has 0 fully saturated rings. The largest absolute Gasteiger partial charge is 0.490 e. The summed E-state index contributed by atoms with van der Waals surface area (Å²) < 4.78 is 31.3. The van der Waals surface area contributed by atoms with Crippen molar-refractivity contribution in [3.8, 4) is 11.5 Å². The number of anilines is 1. The van der Waals surface area contributed by atoms with E-state index in [1.54, 1.807) is 31.2 Å². The molecule has 4 aromatic rings. The average molecular weight is 494 g/mol. The third kappa shape index (κ3) is 3.85. The second-order valence-corrected chi connectivity index (χ2v) is 8.89. The van der Waals surface area contributed by atoms with Gasteiger partial charge >= 0.3 is 0 Å². The number of benzene rings is 2. The third-order valence-electron chi connectivity index (χ3n) is 5.49. The van der Waals surface area contributed by atoms with Crippen LogP contribution in [0.25, 0.3) is 11.0 Å². The Kier molecular flexibility index (Phi) is 5.81. The fourth-order valence-electron chi connectivity index (χ4n) is 4.07. The highest BCUT2D eigenvalue weighted by molar-refractivity contribution is 7.15. The number of amides is 1. The van der Waals surface area contributed by atoms with Crippen LogP contribution in [0.5, 0.6) is 11.5 Å². The SMILES string of the molecule is C=CCOc1ccc(C2c3c(oc4ccc(F)cc4c3=O)C(=O)N2c2nnc(C)s2)cc1OCC. The van der Waals surface area contributed by atoms with Gasteiger partial charge in [-0.15, -0.1) is 10.2 Å². The molecule has 8 nitrogen and oxygen atoms in total. The topological polar surface area (TPSA) is 94.8 Å². The Hall–Kier alpha value is -4.05. The first-order valence-corrected chi connectivity index (χ1v) is 11.6. The van der Waals surface area contributed by atoms with Crippen LogP contribution in [0.1, 0.15) is 39.7 Å². The first-order chi connectivity index (χ1) is 16.9. The normalized spacial score (nSPS) is 14.9. The van der Waals surface area contributed by atoms with E-state index in [9.17, 15) is 14.0 Å². The number of aryl methyl sites for hydroxylation is 1. The Bertz CT molecular complexity index is 1530. The van der Waals surface area contributed by atoms with Gasteiger partial charge in [0.25, 0.3) is 5.91 Å². The molecule has 0 saturated carbocycles. The van der Waals surface area contributed by atoms with Crippen molar-refractivity contribution in [2.24, 2.45) is 0 Å². The number of halogens is 1. The molecule has 0 saturated heterocycles. The Morgan fingerprint density at radius 1 is 1.17 bits per heavy atom. The highest BCUT2D eigenvalue weighted by atomic mass is 32.1. The molecule has 0 radical (unpaired) electrons. The Morgan fingerprint density at radius 2 is 2.00 bits per heavy atom. The van der Waals surface area contributed by atoms with Gasteiger partial charge in [-0.1, -0.05) is 30.1 Å². The molecule has 0 aliphatic carbocycles. The predicted octanol–water partition coefficient (Wildman–Crippen LogP) is 4.81. The lowest BCUT2D eigenvalue weighted by Gasteiger charge is -2.23. The van der Waals surface area contributed by atoms with E-state index >= 15 is 0 Å². The lowest BCUT2D eigenvalue weighted by Crippen LogP contribution is -2.29. The van der Waals surface area contributed by atoms with Gasteiger partial charge in [-0.25, -0.2) is 4.39 Å². The van der Waals surface area contributed by atoms with Crippen molar-refractivity contribution in [3.63, 3.8) is 0 Å². The predicted molar refractivity (Wildman–Crippen MR) is 129 cm³/mol. The summed E-state index contributed by atoms with van der Waals surface area (Å²) in [6.45, 7) is 7.92. The van der Waals surface area contributed by atoms with Crippen LogP contribution in [0, 0.1) is 12.7 Å². The number of ether oxygens (including phenoxy) is 2. The number of carbonyl (C=O) groups is 1. The highest BCUT2D eigenvalue weighted by Crippen LogP contribution is 2.44. The van der Waals surface area contributed by atoms with Crippen molar-refractivity contribution in [2.45, 2.75) is 19.9 Å². The minimum Gasteiger partial charge on any atom is -0.490 e. The molecule has 35 heavy (non-hydrogen) atoms. The van der Waals surface area contributed by atoms with Crippen LogP contribution in [0.4, 0.5) is 9.52 Å². The molecule has 1 unspecified atom stereocenters. The smallest absolute Gasteiger partial charge is 0.297 e. The zero-order valence-electron chi connectivity index (χ0n) is 18.9. The standard InChI is InChI=1S/C25H20FN3O5S/c1-4-10-33-18-8-6-14(11-19(18)32-5-2)21-20-22(30)16-12-15(26)7-9-17(16)34-23(20)24(31)29(21)25-28-27-13(3)35-25/h4,6-9,11-12,21H,1,5,10H2,2-3H3. The van der Waals surface area contributed by atoms with Crippen LogP contribution in [0.2, 0.25) is 0 Å². The second-order valence-electron chi connectivity index (χ2n) is 7.73. The van der Waals surface area contributed by atoms with Gasteiger partial charge < -0.3 is 13.9 Å². The maximum Gasteiger partial charge on any atom is 0.297 e. The van der Waals surface area contributed by atoms with Crippen molar-refractivity contribution in [3.05, 3.63) is 87.0 Å². The molecule has 0 N–H and O–H groups in total. The first kappa shape index (κ1) is 22.7. The van der Waals surface area contributed by atoms with Crippen LogP contribution in [-0.4, -0.2) is 29.3 Å². The molecular weight excluding hydrogens is 473 g/mol. The van der Waals surface area contributed by atoms with Gasteiger partial charge in [-0.3, -0.25) is 14.5 Å². The summed E-state index contributed by atoms with van der Waals surface area (Å²) in [5.41, 5.74) is 0.305. The minimum atomic E-state index is -0.888. The number of rotatable bonds is 7. The summed E-state index contributed by atoms with van der Waals surface area (Å²) in [7, 11) is 0. The number of hydrogen-bond acceptors (Lipinski definition) is 8. The maximum atomic E-state index is 14.0. The molecule has 10 heteroatoms. The maximum absolute atomic E-state index is 14.0. The van der Waals surface area contributed by atoms with E-state index < -0.39 is 23.2 Å². The summed E-state index contributed by atoms with van der Waals surface area (Å²) in [5, 5.41) is 9.18. The van der Waals surface area contributed by atoms with Gasteiger partial charge in [0.2, 0.25) is 10.9 Å². The van der Waals surface area contributed by atoms with Gasteiger partial charge in [0.1, 0.15) is 23.0 Å². The van der Waals surface area contributed by atoms with Gasteiger partial charge in [-0.2, -0.15) is 0 Å². The number of nitrogens with zero attached hydrogens (tertiary/aromatic N) is 3. The van der Waals surface area contributed by atoms with Crippen molar-refractivity contribution in [2.75, 3.05) is 18.1 Å². The Labute approximate surface area is 203 Å². The van der Waals surface area contributed by atoms with Crippen LogP contribution in [0.3, 0.4) is 0 Å². The summed E-state index contributed by atoms with van der Waals surface area (Å²) in [6.07, 6.45) is 1.62. The first-order valence-electron chi connectivity index (χ1n) is 10.8. The fraction of sp³-hybridized carbons (Fsp3) is 0.200. The summed E-state index contributed by atoms with van der Waals surface area (Å²) in [5.74, 6) is -0.292. The van der Waals surface area contributed by atoms with Crippen molar-refractivity contribution < 1.29 is 23.1 Å². The molecule has 1 aliphatic rings. The van der Waals surface area contributed by atoms with Crippen molar-refractivity contribution in [1.29, 1.82) is 0 Å². The Balaban J connectivity index is 1.75. The van der Waals surface area contributed by atoms with Gasteiger partial charge in [0, 0.05) is 0 Å². The van der Waals surface area contributed by atoms with Gasteiger partial charge in [0.05, 0.1) is 23.6 Å². The quantitative estimate of drug-likeness (QED) is 0.341. The molecule has 1 amide bonds. The van der Waals surface area contributed by atoms with Crippen LogP contribution in [-0.2, 0) is 0 Å². The second kappa shape index (κ2) is 8.95. The lowest BCUT2D eigenvalue weighted by atomic mass is 9.98. The number of carbonyl (C=O) groups excluding carboxylic acids is 1. The van der Waals surface area contributed by atoms with Crippen molar-refractivity contribution >= 4 is 33.3 Å². The molecule has 0 spiro atoms. The van der Waals surface area contributed by atoms with Crippen LogP contribution >= 0.6 is 11.3 Å². The lowest BCUT2D eigenvalue weighted by molar-refractivity contribution is 0.0970. The van der Waals surface area contributed by atoms with E-state index in [0.29, 0.717) is 33.8 Å². The summed E-state index contributed by atoms with van der Waals surface area (Å²) in [6, 6.07) is 7.90. The molecule has 1 aliphatic heterocycles. The summed E-state index contributed by atoms with van der Waals surface area (Å²) in [4.78, 5) is 28.5. The molecule has 5 rings (SSSR count). The minimum absolute atomic E-state index is 0.0489. The summed E-state index contributed by atoms with van der Waals surface area (Å²) >= 11 is 1.21. The number of hydrogen-bond donors (Lipinski definition) is 0. The molecule has 178 valence electrons. The number of aromatic nitrogens is 2. The van der Waals surface area contributed by atoms with E-state index in [1.807, 2.05) is 6.92 Å².